The van der Waals surface area contributed by atoms with Gasteiger partial charge in [-0.05, 0) is 74.0 Å². The van der Waals surface area contributed by atoms with E-state index in [1.807, 2.05) is 32.0 Å². The Morgan fingerprint density at radius 1 is 0.893 bits per heavy atom. The zero-order valence-electron chi connectivity index (χ0n) is 15.4. The summed E-state index contributed by atoms with van der Waals surface area (Å²) < 4.78 is 40.0. The van der Waals surface area contributed by atoms with Gasteiger partial charge in [-0.1, -0.05) is 17.7 Å². The molecule has 3 rings (SSSR count). The Balaban J connectivity index is 1.72. The van der Waals surface area contributed by atoms with Crippen LogP contribution in [-0.2, 0) is 10.0 Å². The van der Waals surface area contributed by atoms with Crippen LogP contribution in [0.15, 0.2) is 71.6 Å². The van der Waals surface area contributed by atoms with E-state index < -0.39 is 15.8 Å². The number of anilines is 2. The van der Waals surface area contributed by atoms with Gasteiger partial charge in [0.15, 0.2) is 0 Å². The molecular formula is C21H19FN2O3S. The molecule has 0 heterocycles. The number of rotatable bonds is 5. The second-order valence-corrected chi connectivity index (χ2v) is 8.09. The molecule has 0 aliphatic heterocycles. The normalized spacial score (nSPS) is 11.1. The van der Waals surface area contributed by atoms with E-state index in [1.165, 1.54) is 36.4 Å². The minimum Gasteiger partial charge on any atom is -0.322 e. The molecule has 3 aromatic carbocycles. The van der Waals surface area contributed by atoms with Crippen LogP contribution in [0, 0.1) is 19.7 Å². The fraction of sp³-hybridized carbons (Fsp3) is 0.0952. The molecule has 28 heavy (non-hydrogen) atoms. The first-order valence-corrected chi connectivity index (χ1v) is 10.00. The number of nitrogens with one attached hydrogen (secondary N) is 2. The first-order valence-electron chi connectivity index (χ1n) is 8.52. The number of carbonyl (C=O) groups is 1. The number of benzene rings is 3. The maximum absolute atomic E-state index is 13.0. The van der Waals surface area contributed by atoms with Crippen LogP contribution in [0.3, 0.4) is 0 Å². The van der Waals surface area contributed by atoms with E-state index in [2.05, 4.69) is 10.0 Å². The molecule has 0 atom stereocenters. The average Bonchev–Trinajstić information content (AvgIpc) is 2.64. The molecular weight excluding hydrogens is 379 g/mol. The fourth-order valence-electron chi connectivity index (χ4n) is 2.67. The molecule has 0 aliphatic rings. The van der Waals surface area contributed by atoms with Crippen molar-refractivity contribution >= 4 is 27.3 Å². The molecule has 0 spiro atoms. The first kappa shape index (κ1) is 19.6. The summed E-state index contributed by atoms with van der Waals surface area (Å²) in [4.78, 5) is 12.4. The summed E-state index contributed by atoms with van der Waals surface area (Å²) in [5, 5.41) is 2.84. The molecule has 0 aliphatic carbocycles. The number of amides is 1. The zero-order valence-corrected chi connectivity index (χ0v) is 16.2. The van der Waals surface area contributed by atoms with Crippen LogP contribution in [-0.4, -0.2) is 14.3 Å². The van der Waals surface area contributed by atoms with Crippen molar-refractivity contribution < 1.29 is 17.6 Å². The van der Waals surface area contributed by atoms with E-state index in [0.717, 1.165) is 28.9 Å². The quantitative estimate of drug-likeness (QED) is 0.665. The smallest absolute Gasteiger partial charge is 0.261 e. The lowest BCUT2D eigenvalue weighted by atomic mass is 10.1. The standard InChI is InChI=1S/C21H19FN2O3S/c1-14-3-12-20(15(2)13-14)23-21(25)16-4-8-18(9-5-16)24-28(26,27)19-10-6-17(22)7-11-19/h3-13,24H,1-2H3,(H,23,25). The molecule has 3 aromatic rings. The number of sulfonamides is 1. The van der Waals surface area contributed by atoms with Crippen molar-refractivity contribution in [3.63, 3.8) is 0 Å². The summed E-state index contributed by atoms with van der Waals surface area (Å²) in [7, 11) is -3.84. The minimum atomic E-state index is -3.84. The Kier molecular flexibility index (Phi) is 5.46. The van der Waals surface area contributed by atoms with Crippen LogP contribution < -0.4 is 10.0 Å². The molecule has 1 amide bonds. The van der Waals surface area contributed by atoms with Gasteiger partial charge in [0.25, 0.3) is 15.9 Å². The van der Waals surface area contributed by atoms with Crippen molar-refractivity contribution in [3.8, 4) is 0 Å². The molecule has 0 radical (unpaired) electrons. The highest BCUT2D eigenvalue weighted by molar-refractivity contribution is 7.92. The van der Waals surface area contributed by atoms with Gasteiger partial charge in [0.1, 0.15) is 5.82 Å². The van der Waals surface area contributed by atoms with Gasteiger partial charge in [-0.2, -0.15) is 0 Å². The van der Waals surface area contributed by atoms with Gasteiger partial charge < -0.3 is 5.32 Å². The van der Waals surface area contributed by atoms with Gasteiger partial charge in [-0.25, -0.2) is 12.8 Å². The molecule has 0 fully saturated rings. The molecule has 0 aromatic heterocycles. The topological polar surface area (TPSA) is 75.3 Å². The summed E-state index contributed by atoms with van der Waals surface area (Å²) in [6.07, 6.45) is 0. The SMILES string of the molecule is Cc1ccc(NC(=O)c2ccc(NS(=O)(=O)c3ccc(F)cc3)cc2)c(C)c1. The van der Waals surface area contributed by atoms with E-state index in [0.29, 0.717) is 11.3 Å². The maximum atomic E-state index is 13.0. The number of aryl methyl sites for hydroxylation is 2. The molecule has 0 bridgehead atoms. The van der Waals surface area contributed by atoms with Crippen molar-refractivity contribution in [2.75, 3.05) is 10.0 Å². The van der Waals surface area contributed by atoms with Crippen LogP contribution >= 0.6 is 0 Å². The summed E-state index contributed by atoms with van der Waals surface area (Å²) in [5.74, 6) is -0.807. The zero-order chi connectivity index (χ0) is 20.3. The van der Waals surface area contributed by atoms with Gasteiger partial charge in [0, 0.05) is 16.9 Å². The lowest BCUT2D eigenvalue weighted by molar-refractivity contribution is 0.102. The van der Waals surface area contributed by atoms with Gasteiger partial charge in [-0.3, -0.25) is 9.52 Å². The lowest BCUT2D eigenvalue weighted by Crippen LogP contribution is -2.14. The van der Waals surface area contributed by atoms with E-state index in [9.17, 15) is 17.6 Å². The summed E-state index contributed by atoms with van der Waals surface area (Å²) in [6.45, 7) is 3.89. The van der Waals surface area contributed by atoms with Gasteiger partial charge in [-0.15, -0.1) is 0 Å². The molecule has 0 unspecified atom stereocenters. The van der Waals surface area contributed by atoms with Crippen LogP contribution in [0.1, 0.15) is 21.5 Å². The van der Waals surface area contributed by atoms with Crippen molar-refractivity contribution in [1.29, 1.82) is 0 Å². The predicted octanol–water partition coefficient (Wildman–Crippen LogP) is 4.50. The Labute approximate surface area is 163 Å². The van der Waals surface area contributed by atoms with E-state index in [1.54, 1.807) is 0 Å². The third kappa shape index (κ3) is 4.55. The van der Waals surface area contributed by atoms with Crippen molar-refractivity contribution in [2.45, 2.75) is 18.7 Å². The number of hydrogen-bond donors (Lipinski definition) is 2. The largest absolute Gasteiger partial charge is 0.322 e. The summed E-state index contributed by atoms with van der Waals surface area (Å²) in [5.41, 5.74) is 3.47. The highest BCUT2D eigenvalue weighted by atomic mass is 32.2. The van der Waals surface area contributed by atoms with Crippen LogP contribution in [0.2, 0.25) is 0 Å². The fourth-order valence-corrected chi connectivity index (χ4v) is 3.72. The van der Waals surface area contributed by atoms with Gasteiger partial charge in [0.05, 0.1) is 4.90 Å². The third-order valence-corrected chi connectivity index (χ3v) is 5.55. The van der Waals surface area contributed by atoms with Crippen molar-refractivity contribution in [3.05, 3.63) is 89.2 Å². The Morgan fingerprint density at radius 2 is 1.54 bits per heavy atom. The maximum Gasteiger partial charge on any atom is 0.261 e. The molecule has 0 saturated carbocycles. The second-order valence-electron chi connectivity index (χ2n) is 6.41. The lowest BCUT2D eigenvalue weighted by Gasteiger charge is -2.11. The van der Waals surface area contributed by atoms with Gasteiger partial charge in [0.2, 0.25) is 0 Å². The Bertz CT molecular complexity index is 1110. The number of hydrogen-bond acceptors (Lipinski definition) is 3. The molecule has 7 heteroatoms. The Morgan fingerprint density at radius 3 is 2.14 bits per heavy atom. The van der Waals surface area contributed by atoms with Crippen LogP contribution in [0.4, 0.5) is 15.8 Å². The summed E-state index contributed by atoms with van der Waals surface area (Å²) in [6, 6.07) is 16.3. The predicted molar refractivity (Wildman–Crippen MR) is 108 cm³/mol. The molecule has 144 valence electrons. The molecule has 5 nitrogen and oxygen atoms in total. The monoisotopic (exact) mass is 398 g/mol. The second kappa shape index (κ2) is 7.82. The molecule has 0 saturated heterocycles. The van der Waals surface area contributed by atoms with E-state index in [4.69, 9.17) is 0 Å². The molecule has 2 N–H and O–H groups in total. The van der Waals surface area contributed by atoms with Crippen molar-refractivity contribution in [1.82, 2.24) is 0 Å². The third-order valence-electron chi connectivity index (χ3n) is 4.15. The highest BCUT2D eigenvalue weighted by Crippen LogP contribution is 2.19. The van der Waals surface area contributed by atoms with Crippen molar-refractivity contribution in [2.24, 2.45) is 0 Å². The minimum absolute atomic E-state index is 0.0504. The average molecular weight is 398 g/mol. The Hall–Kier alpha value is -3.19. The number of halogens is 1. The highest BCUT2D eigenvalue weighted by Gasteiger charge is 2.15. The number of carbonyl (C=O) groups excluding carboxylic acids is 1. The van der Waals surface area contributed by atoms with Crippen LogP contribution in [0.25, 0.3) is 0 Å². The first-order chi connectivity index (χ1) is 13.2. The van der Waals surface area contributed by atoms with E-state index >= 15 is 0 Å². The van der Waals surface area contributed by atoms with Gasteiger partial charge >= 0.3 is 0 Å². The van der Waals surface area contributed by atoms with Crippen LogP contribution in [0.5, 0.6) is 0 Å². The summed E-state index contributed by atoms with van der Waals surface area (Å²) >= 11 is 0. The van der Waals surface area contributed by atoms with E-state index in [-0.39, 0.29) is 10.8 Å².